The molecule has 166 valence electrons. The molecule has 0 bridgehead atoms. The molecule has 0 amide bonds. The fraction of sp³-hybridized carbons (Fsp3) is 0.650. The topological polar surface area (TPSA) is 42.9 Å². The summed E-state index contributed by atoms with van der Waals surface area (Å²) in [5, 5.41) is 6.47. The van der Waals surface area contributed by atoms with E-state index in [1.54, 1.807) is 6.07 Å². The molecule has 0 aliphatic carbocycles. The van der Waals surface area contributed by atoms with Crippen molar-refractivity contribution in [1.29, 1.82) is 0 Å². The van der Waals surface area contributed by atoms with Gasteiger partial charge in [0, 0.05) is 45.8 Å². The second-order valence-corrected chi connectivity index (χ2v) is 7.48. The first-order valence-corrected chi connectivity index (χ1v) is 9.87. The number of hydrogen-bond acceptors (Lipinski definition) is 3. The van der Waals surface area contributed by atoms with Gasteiger partial charge in [-0.1, -0.05) is 19.1 Å². The number of halogens is 4. The third kappa shape index (κ3) is 9.52. The van der Waals surface area contributed by atoms with Gasteiger partial charge in [-0.3, -0.25) is 0 Å². The maximum Gasteiger partial charge on any atom is 0.416 e. The van der Waals surface area contributed by atoms with E-state index in [-0.39, 0.29) is 30.5 Å². The Kier molecular flexibility index (Phi) is 11.3. The van der Waals surface area contributed by atoms with Crippen LogP contribution in [0.3, 0.4) is 0 Å². The molecule has 0 saturated carbocycles. The summed E-state index contributed by atoms with van der Waals surface area (Å²) < 4.78 is 38.5. The maximum atomic E-state index is 12.8. The summed E-state index contributed by atoms with van der Waals surface area (Å²) in [6.07, 6.45) is -4.33. The van der Waals surface area contributed by atoms with Gasteiger partial charge in [-0.05, 0) is 37.6 Å². The van der Waals surface area contributed by atoms with Gasteiger partial charge in [0.1, 0.15) is 0 Å². The Morgan fingerprint density at radius 1 is 1.17 bits per heavy atom. The van der Waals surface area contributed by atoms with E-state index in [9.17, 15) is 13.2 Å². The van der Waals surface area contributed by atoms with E-state index in [4.69, 9.17) is 0 Å². The molecule has 1 atom stereocenters. The number of guanidine groups is 1. The van der Waals surface area contributed by atoms with Crippen LogP contribution in [0.2, 0.25) is 0 Å². The van der Waals surface area contributed by atoms with Crippen molar-refractivity contribution in [2.75, 3.05) is 52.9 Å². The second-order valence-electron chi connectivity index (χ2n) is 7.48. The van der Waals surface area contributed by atoms with E-state index >= 15 is 0 Å². The number of aliphatic imine (C=N–C) groups is 1. The van der Waals surface area contributed by atoms with E-state index in [1.807, 2.05) is 6.92 Å². The van der Waals surface area contributed by atoms with Crippen molar-refractivity contribution in [3.63, 3.8) is 0 Å². The first-order valence-electron chi connectivity index (χ1n) is 9.87. The highest BCUT2D eigenvalue weighted by Gasteiger charge is 2.30. The van der Waals surface area contributed by atoms with Crippen molar-refractivity contribution in [3.05, 3.63) is 35.4 Å². The highest BCUT2D eigenvalue weighted by molar-refractivity contribution is 14.0. The summed E-state index contributed by atoms with van der Waals surface area (Å²) in [6.45, 7) is 11.2. The van der Waals surface area contributed by atoms with Crippen LogP contribution < -0.4 is 10.6 Å². The third-order valence-electron chi connectivity index (χ3n) is 4.80. The quantitative estimate of drug-likeness (QED) is 0.325. The van der Waals surface area contributed by atoms with Crippen LogP contribution in [-0.4, -0.2) is 68.6 Å². The van der Waals surface area contributed by atoms with Gasteiger partial charge < -0.3 is 20.4 Å². The number of benzene rings is 1. The fourth-order valence-corrected chi connectivity index (χ4v) is 3.16. The minimum Gasteiger partial charge on any atom is -0.357 e. The summed E-state index contributed by atoms with van der Waals surface area (Å²) in [6, 6.07) is 5.32. The van der Waals surface area contributed by atoms with Crippen LogP contribution in [0.25, 0.3) is 0 Å². The largest absolute Gasteiger partial charge is 0.416 e. The molecule has 1 aromatic rings. The smallest absolute Gasteiger partial charge is 0.357 e. The number of likely N-dealkylation sites (N-methyl/N-ethyl adjacent to an activating group) is 1. The molecule has 9 heteroatoms. The minimum absolute atomic E-state index is 0. The van der Waals surface area contributed by atoms with Crippen LogP contribution in [0.5, 0.6) is 0 Å². The molecule has 2 N–H and O–H groups in total. The number of alkyl halides is 3. The van der Waals surface area contributed by atoms with Gasteiger partial charge in [-0.25, -0.2) is 4.99 Å². The predicted octanol–water partition coefficient (Wildman–Crippen LogP) is 3.26. The lowest BCUT2D eigenvalue weighted by Gasteiger charge is -2.34. The van der Waals surface area contributed by atoms with E-state index in [1.165, 1.54) is 6.07 Å². The molecule has 29 heavy (non-hydrogen) atoms. The van der Waals surface area contributed by atoms with Gasteiger partial charge in [0.15, 0.2) is 5.96 Å². The summed E-state index contributed by atoms with van der Waals surface area (Å²) in [5.41, 5.74) is -0.100. The molecule has 1 saturated heterocycles. The van der Waals surface area contributed by atoms with Gasteiger partial charge in [-0.2, -0.15) is 13.2 Å². The van der Waals surface area contributed by atoms with E-state index < -0.39 is 11.7 Å². The zero-order valence-corrected chi connectivity index (χ0v) is 19.8. The minimum atomic E-state index is -4.33. The molecule has 1 aliphatic rings. The summed E-state index contributed by atoms with van der Waals surface area (Å²) in [5.74, 6) is 1.07. The molecule has 1 heterocycles. The fourth-order valence-electron chi connectivity index (χ4n) is 3.16. The van der Waals surface area contributed by atoms with Crippen LogP contribution in [0.15, 0.2) is 29.3 Å². The summed E-state index contributed by atoms with van der Waals surface area (Å²) in [4.78, 5) is 9.25. The maximum absolute atomic E-state index is 12.8. The summed E-state index contributed by atoms with van der Waals surface area (Å²) in [7, 11) is 2.14. The first-order chi connectivity index (χ1) is 13.3. The van der Waals surface area contributed by atoms with Crippen molar-refractivity contribution in [1.82, 2.24) is 20.4 Å². The molecule has 0 radical (unpaired) electrons. The normalized spacial score (nSPS) is 17.5. The molecule has 2 rings (SSSR count). The molecule has 1 fully saturated rings. The number of rotatable bonds is 7. The van der Waals surface area contributed by atoms with Gasteiger partial charge >= 0.3 is 6.18 Å². The van der Waals surface area contributed by atoms with Crippen molar-refractivity contribution >= 4 is 29.9 Å². The second kappa shape index (κ2) is 12.6. The van der Waals surface area contributed by atoms with Gasteiger partial charge in [-0.15, -0.1) is 24.0 Å². The van der Waals surface area contributed by atoms with Crippen molar-refractivity contribution < 1.29 is 13.2 Å². The Hall–Kier alpha value is -1.07. The molecular formula is C20H33F3IN5. The lowest BCUT2D eigenvalue weighted by Crippen LogP contribution is -2.47. The lowest BCUT2D eigenvalue weighted by molar-refractivity contribution is -0.137. The lowest BCUT2D eigenvalue weighted by atomic mass is 10.1. The zero-order chi connectivity index (χ0) is 20.6. The van der Waals surface area contributed by atoms with Crippen molar-refractivity contribution in [3.8, 4) is 0 Å². The van der Waals surface area contributed by atoms with Crippen LogP contribution in [0.4, 0.5) is 13.2 Å². The van der Waals surface area contributed by atoms with Gasteiger partial charge in [0.05, 0.1) is 12.1 Å². The SMILES string of the molecule is CCNC(=NCc1cccc(C(F)(F)F)c1)NCC(C)CN1CCN(C)CC1.I. The standard InChI is InChI=1S/C20H32F3N5.HI/c1-4-24-19(25-13-16(2)15-28-10-8-27(3)9-11-28)26-14-17-6-5-7-18(12-17)20(21,22)23;/h5-7,12,16H,4,8-11,13-15H2,1-3H3,(H2,24,25,26);1H. The van der Waals surface area contributed by atoms with Crippen LogP contribution in [-0.2, 0) is 12.7 Å². The molecule has 0 spiro atoms. The van der Waals surface area contributed by atoms with Crippen LogP contribution >= 0.6 is 24.0 Å². The Morgan fingerprint density at radius 2 is 1.86 bits per heavy atom. The van der Waals surface area contributed by atoms with Gasteiger partial charge in [0.25, 0.3) is 0 Å². The summed E-state index contributed by atoms with van der Waals surface area (Å²) >= 11 is 0. The average Bonchev–Trinajstić information content (AvgIpc) is 2.65. The Labute approximate surface area is 189 Å². The number of nitrogens with one attached hydrogen (secondary N) is 2. The molecule has 0 aromatic heterocycles. The predicted molar refractivity (Wildman–Crippen MR) is 123 cm³/mol. The van der Waals surface area contributed by atoms with E-state index in [0.717, 1.165) is 51.4 Å². The molecule has 5 nitrogen and oxygen atoms in total. The molecule has 1 aromatic carbocycles. The first kappa shape index (κ1) is 26.0. The highest BCUT2D eigenvalue weighted by atomic mass is 127. The van der Waals surface area contributed by atoms with Crippen LogP contribution in [0.1, 0.15) is 25.0 Å². The average molecular weight is 527 g/mol. The van der Waals surface area contributed by atoms with E-state index in [0.29, 0.717) is 24.0 Å². The Bertz CT molecular complexity index is 631. The highest BCUT2D eigenvalue weighted by Crippen LogP contribution is 2.29. The molecular weight excluding hydrogens is 494 g/mol. The van der Waals surface area contributed by atoms with Crippen LogP contribution in [0, 0.1) is 5.92 Å². The number of piperazine rings is 1. The van der Waals surface area contributed by atoms with Crippen molar-refractivity contribution in [2.24, 2.45) is 10.9 Å². The number of nitrogens with zero attached hydrogens (tertiary/aromatic N) is 3. The van der Waals surface area contributed by atoms with Gasteiger partial charge in [0.2, 0.25) is 0 Å². The van der Waals surface area contributed by atoms with E-state index in [2.05, 4.69) is 39.4 Å². The van der Waals surface area contributed by atoms with Crippen molar-refractivity contribution in [2.45, 2.75) is 26.6 Å². The molecule has 1 unspecified atom stereocenters. The Morgan fingerprint density at radius 3 is 2.48 bits per heavy atom. The Balaban J connectivity index is 0.00000420. The molecule has 1 aliphatic heterocycles. The monoisotopic (exact) mass is 527 g/mol. The number of hydrogen-bond donors (Lipinski definition) is 2. The zero-order valence-electron chi connectivity index (χ0n) is 17.4. The third-order valence-corrected chi connectivity index (χ3v) is 4.80.